The Morgan fingerprint density at radius 2 is 1.97 bits per heavy atom. The lowest BCUT2D eigenvalue weighted by Gasteiger charge is -2.06. The number of ether oxygens (including phenoxy) is 1. The van der Waals surface area contributed by atoms with Crippen LogP contribution in [0.4, 0.5) is 10.5 Å². The molecular weight excluding hydrogens is 370 g/mol. The van der Waals surface area contributed by atoms with E-state index in [1.54, 1.807) is 48.9 Å². The lowest BCUT2D eigenvalue weighted by Crippen LogP contribution is -2.28. The average molecular weight is 389 g/mol. The summed E-state index contributed by atoms with van der Waals surface area (Å²) in [6.45, 7) is 2.37. The second-order valence-corrected chi connectivity index (χ2v) is 6.15. The molecule has 4 heterocycles. The zero-order chi connectivity index (χ0) is 20.2. The van der Waals surface area contributed by atoms with Gasteiger partial charge in [-0.2, -0.15) is 0 Å². The zero-order valence-electron chi connectivity index (χ0n) is 16.0. The number of carbonyl (C=O) groups is 1. The molecule has 0 fully saturated rings. The Hall–Kier alpha value is -4.01. The van der Waals surface area contributed by atoms with Crippen molar-refractivity contribution in [3.8, 4) is 22.8 Å². The standard InChI is InChI=1S/C20H19N7O2/c1-3-22-20(28)26-16-12-27(19-24-10-15(29-2)11-25-19)17-7-14(9-23-18(16)17)13-5-4-6-21-8-13/h4-12H,3H2,1-2H3,(H2,22,26,28). The van der Waals surface area contributed by atoms with E-state index in [2.05, 4.69) is 30.6 Å². The predicted molar refractivity (Wildman–Crippen MR) is 109 cm³/mol. The molecule has 4 aromatic heterocycles. The Morgan fingerprint density at radius 1 is 1.14 bits per heavy atom. The highest BCUT2D eigenvalue weighted by molar-refractivity contribution is 6.00. The molecular formula is C20H19N7O2. The summed E-state index contributed by atoms with van der Waals surface area (Å²) in [7, 11) is 1.56. The first-order chi connectivity index (χ1) is 14.2. The summed E-state index contributed by atoms with van der Waals surface area (Å²) in [4.78, 5) is 29.5. The fourth-order valence-electron chi connectivity index (χ4n) is 2.92. The number of urea groups is 1. The minimum Gasteiger partial charge on any atom is -0.494 e. The summed E-state index contributed by atoms with van der Waals surface area (Å²) in [6.07, 6.45) is 10.2. The molecule has 0 saturated heterocycles. The number of methoxy groups -OCH3 is 1. The molecule has 0 saturated carbocycles. The highest BCUT2D eigenvalue weighted by Gasteiger charge is 2.16. The molecule has 0 bridgehead atoms. The molecule has 0 aromatic carbocycles. The van der Waals surface area contributed by atoms with Crippen LogP contribution in [0.2, 0.25) is 0 Å². The van der Waals surface area contributed by atoms with Crippen molar-refractivity contribution in [3.63, 3.8) is 0 Å². The summed E-state index contributed by atoms with van der Waals surface area (Å²) >= 11 is 0. The van der Waals surface area contributed by atoms with Crippen molar-refractivity contribution < 1.29 is 9.53 Å². The largest absolute Gasteiger partial charge is 0.494 e. The molecule has 9 heteroatoms. The summed E-state index contributed by atoms with van der Waals surface area (Å²) in [5.74, 6) is 0.991. The normalized spacial score (nSPS) is 10.7. The van der Waals surface area contributed by atoms with Gasteiger partial charge in [-0.1, -0.05) is 6.07 Å². The smallest absolute Gasteiger partial charge is 0.319 e. The number of rotatable bonds is 5. The van der Waals surface area contributed by atoms with Crippen LogP contribution in [0.25, 0.3) is 28.1 Å². The Kier molecular flexibility index (Phi) is 5.02. The van der Waals surface area contributed by atoms with Gasteiger partial charge in [0.1, 0.15) is 5.52 Å². The van der Waals surface area contributed by atoms with Gasteiger partial charge in [0.15, 0.2) is 5.75 Å². The van der Waals surface area contributed by atoms with Crippen molar-refractivity contribution in [2.24, 2.45) is 0 Å². The Balaban J connectivity index is 1.85. The van der Waals surface area contributed by atoms with Crippen LogP contribution in [-0.4, -0.2) is 44.2 Å². The first-order valence-electron chi connectivity index (χ1n) is 9.02. The van der Waals surface area contributed by atoms with Gasteiger partial charge < -0.3 is 15.4 Å². The van der Waals surface area contributed by atoms with Crippen molar-refractivity contribution in [2.45, 2.75) is 6.92 Å². The van der Waals surface area contributed by atoms with Crippen molar-refractivity contribution in [2.75, 3.05) is 19.0 Å². The second kappa shape index (κ2) is 7.93. The van der Waals surface area contributed by atoms with Gasteiger partial charge in [0, 0.05) is 42.5 Å². The van der Waals surface area contributed by atoms with Crippen LogP contribution in [0.3, 0.4) is 0 Å². The maximum absolute atomic E-state index is 12.1. The monoisotopic (exact) mass is 389 g/mol. The molecule has 0 atom stereocenters. The first kappa shape index (κ1) is 18.4. The minimum atomic E-state index is -0.305. The van der Waals surface area contributed by atoms with Crippen LogP contribution in [0.1, 0.15) is 6.92 Å². The maximum atomic E-state index is 12.1. The molecule has 0 aliphatic rings. The van der Waals surface area contributed by atoms with Crippen LogP contribution in [-0.2, 0) is 0 Å². The average Bonchev–Trinajstić information content (AvgIpc) is 3.12. The number of hydrogen-bond donors (Lipinski definition) is 2. The van der Waals surface area contributed by atoms with Gasteiger partial charge in [-0.15, -0.1) is 0 Å². The van der Waals surface area contributed by atoms with Crippen LogP contribution < -0.4 is 15.4 Å². The topological polar surface area (TPSA) is 107 Å². The number of anilines is 1. The van der Waals surface area contributed by atoms with Gasteiger partial charge in [-0.3, -0.25) is 14.5 Å². The Morgan fingerprint density at radius 3 is 2.66 bits per heavy atom. The van der Waals surface area contributed by atoms with Crippen LogP contribution in [0, 0.1) is 0 Å². The zero-order valence-corrected chi connectivity index (χ0v) is 16.0. The van der Waals surface area contributed by atoms with Crippen LogP contribution in [0.15, 0.2) is 55.4 Å². The van der Waals surface area contributed by atoms with E-state index < -0.39 is 0 Å². The molecule has 4 aromatic rings. The van der Waals surface area contributed by atoms with Gasteiger partial charge >= 0.3 is 6.03 Å². The number of hydrogen-bond acceptors (Lipinski definition) is 6. The number of pyridine rings is 2. The number of nitrogens with zero attached hydrogens (tertiary/aromatic N) is 5. The molecule has 146 valence electrons. The van der Waals surface area contributed by atoms with Crippen molar-refractivity contribution >= 4 is 22.8 Å². The molecule has 0 aliphatic carbocycles. The third-order valence-electron chi connectivity index (χ3n) is 4.29. The fourth-order valence-corrected chi connectivity index (χ4v) is 2.92. The van der Waals surface area contributed by atoms with E-state index in [1.165, 1.54) is 0 Å². The SMILES string of the molecule is CCNC(=O)Nc1cn(-c2ncc(OC)cn2)c2cc(-c3cccnc3)cnc12. The highest BCUT2D eigenvalue weighted by Crippen LogP contribution is 2.30. The summed E-state index contributed by atoms with van der Waals surface area (Å²) < 4.78 is 6.92. The molecule has 2 amide bonds. The Labute approximate surface area is 166 Å². The predicted octanol–water partition coefficient (Wildman–Crippen LogP) is 3.03. The summed E-state index contributed by atoms with van der Waals surface area (Å²) in [6, 6.07) is 5.49. The molecule has 2 N–H and O–H groups in total. The van der Waals surface area contributed by atoms with E-state index in [4.69, 9.17) is 4.74 Å². The van der Waals surface area contributed by atoms with Gasteiger partial charge in [-0.05, 0) is 19.1 Å². The van der Waals surface area contributed by atoms with Crippen molar-refractivity contribution in [1.82, 2.24) is 29.8 Å². The van der Waals surface area contributed by atoms with E-state index in [9.17, 15) is 4.79 Å². The summed E-state index contributed by atoms with van der Waals surface area (Å²) in [5.41, 5.74) is 3.77. The quantitative estimate of drug-likeness (QED) is 0.543. The second-order valence-electron chi connectivity index (χ2n) is 6.15. The lowest BCUT2D eigenvalue weighted by molar-refractivity contribution is 0.252. The molecule has 4 rings (SSSR count). The number of aromatic nitrogens is 5. The fraction of sp³-hybridized carbons (Fsp3) is 0.150. The van der Waals surface area contributed by atoms with E-state index in [-0.39, 0.29) is 6.03 Å². The van der Waals surface area contributed by atoms with E-state index in [1.807, 2.05) is 25.1 Å². The van der Waals surface area contributed by atoms with E-state index in [0.29, 0.717) is 29.4 Å². The van der Waals surface area contributed by atoms with Crippen LogP contribution in [0.5, 0.6) is 5.75 Å². The van der Waals surface area contributed by atoms with Gasteiger partial charge in [0.2, 0.25) is 5.95 Å². The number of fused-ring (bicyclic) bond motifs is 1. The number of amides is 2. The van der Waals surface area contributed by atoms with Gasteiger partial charge in [0.05, 0.1) is 30.7 Å². The van der Waals surface area contributed by atoms with Gasteiger partial charge in [-0.25, -0.2) is 14.8 Å². The third kappa shape index (κ3) is 3.70. The Bertz CT molecular complexity index is 1140. The van der Waals surface area contributed by atoms with Crippen molar-refractivity contribution in [1.29, 1.82) is 0 Å². The molecule has 0 radical (unpaired) electrons. The lowest BCUT2D eigenvalue weighted by atomic mass is 10.1. The molecule has 29 heavy (non-hydrogen) atoms. The van der Waals surface area contributed by atoms with Crippen molar-refractivity contribution in [3.05, 3.63) is 55.4 Å². The molecule has 0 aliphatic heterocycles. The van der Waals surface area contributed by atoms with E-state index in [0.717, 1.165) is 16.6 Å². The van der Waals surface area contributed by atoms with E-state index >= 15 is 0 Å². The highest BCUT2D eigenvalue weighted by atomic mass is 16.5. The third-order valence-corrected chi connectivity index (χ3v) is 4.29. The summed E-state index contributed by atoms with van der Waals surface area (Å²) in [5, 5.41) is 5.55. The van der Waals surface area contributed by atoms with Gasteiger partial charge in [0.25, 0.3) is 0 Å². The van der Waals surface area contributed by atoms with Crippen LogP contribution >= 0.6 is 0 Å². The first-order valence-corrected chi connectivity index (χ1v) is 9.02. The maximum Gasteiger partial charge on any atom is 0.319 e. The molecule has 0 unspecified atom stereocenters. The molecule has 9 nitrogen and oxygen atoms in total. The molecule has 0 spiro atoms. The number of nitrogens with one attached hydrogen (secondary N) is 2. The minimum absolute atomic E-state index is 0.305. The number of carbonyl (C=O) groups excluding carboxylic acids is 1.